The first-order valence-corrected chi connectivity index (χ1v) is 6.40. The van der Waals surface area contributed by atoms with Gasteiger partial charge in [-0.05, 0) is 29.2 Å². The number of aromatic hydroxyl groups is 1. The van der Waals surface area contributed by atoms with Gasteiger partial charge in [0.05, 0.1) is 12.7 Å². The van der Waals surface area contributed by atoms with Gasteiger partial charge in [0.15, 0.2) is 0 Å². The number of hydrogen-bond donors (Lipinski definition) is 3. The number of aliphatic hydroxyl groups is 1. The third kappa shape index (κ3) is 3.05. The predicted molar refractivity (Wildman–Crippen MR) is 69.6 cm³/mol. The Kier molecular flexibility index (Phi) is 4.07. The van der Waals surface area contributed by atoms with E-state index >= 15 is 0 Å². The minimum atomic E-state index is -0.726. The number of carbonyl (C=O) groups excluding carboxylic acids is 1. The quantitative estimate of drug-likeness (QED) is 0.717. The molecule has 0 saturated carbocycles. The zero-order chi connectivity index (χ0) is 14.0. The Bertz CT molecular complexity index is 473. The van der Waals surface area contributed by atoms with Crippen molar-refractivity contribution in [2.75, 3.05) is 13.2 Å². The van der Waals surface area contributed by atoms with E-state index in [9.17, 15) is 15.0 Å². The summed E-state index contributed by atoms with van der Waals surface area (Å²) in [6.07, 6.45) is -0.726. The topological polar surface area (TPSA) is 78.8 Å². The van der Waals surface area contributed by atoms with Crippen LogP contribution in [-0.4, -0.2) is 29.3 Å². The van der Waals surface area contributed by atoms with Crippen molar-refractivity contribution in [3.63, 3.8) is 0 Å². The molecule has 1 aromatic carbocycles. The Balaban J connectivity index is 2.21. The second-order valence-corrected chi connectivity index (χ2v) is 5.19. The highest BCUT2D eigenvalue weighted by Crippen LogP contribution is 2.32. The number of fused-ring (bicyclic) bond motifs is 1. The molecule has 0 spiro atoms. The summed E-state index contributed by atoms with van der Waals surface area (Å²) in [6, 6.07) is 4.05. The average molecular weight is 265 g/mol. The maximum atomic E-state index is 12.0. The van der Waals surface area contributed by atoms with Gasteiger partial charge in [0.25, 0.3) is 0 Å². The van der Waals surface area contributed by atoms with Crippen LogP contribution in [0.5, 0.6) is 5.75 Å². The van der Waals surface area contributed by atoms with Gasteiger partial charge in [-0.25, -0.2) is 4.79 Å². The average Bonchev–Trinajstić information content (AvgIpc) is 2.37. The van der Waals surface area contributed by atoms with Crippen LogP contribution in [0, 0.1) is 5.92 Å². The van der Waals surface area contributed by atoms with Crippen LogP contribution >= 0.6 is 0 Å². The van der Waals surface area contributed by atoms with E-state index in [-0.39, 0.29) is 24.2 Å². The standard InChI is InChI=1S/C14H19NO4/c1-8(2)7-19-14(18)13-10-4-3-9(16)5-11(10)12(17)6-15-13/h3-5,8,12-13,15-17H,6-7H2,1-2H3. The number of ether oxygens (including phenoxy) is 1. The van der Waals surface area contributed by atoms with Crippen LogP contribution in [0.15, 0.2) is 18.2 Å². The lowest BCUT2D eigenvalue weighted by atomic mass is 9.92. The van der Waals surface area contributed by atoms with Crippen molar-refractivity contribution in [1.29, 1.82) is 0 Å². The highest BCUT2D eigenvalue weighted by atomic mass is 16.5. The number of phenols is 1. The largest absolute Gasteiger partial charge is 0.508 e. The second-order valence-electron chi connectivity index (χ2n) is 5.19. The van der Waals surface area contributed by atoms with Crippen molar-refractivity contribution < 1.29 is 19.7 Å². The molecule has 0 saturated heterocycles. The van der Waals surface area contributed by atoms with Gasteiger partial charge in [-0.15, -0.1) is 0 Å². The molecule has 0 aromatic heterocycles. The molecule has 1 aromatic rings. The van der Waals surface area contributed by atoms with Crippen LogP contribution in [0.2, 0.25) is 0 Å². The van der Waals surface area contributed by atoms with Gasteiger partial charge in [0.1, 0.15) is 11.8 Å². The molecule has 5 heteroatoms. The normalized spacial score (nSPS) is 22.1. The minimum absolute atomic E-state index is 0.0778. The first-order valence-electron chi connectivity index (χ1n) is 6.40. The molecule has 0 aliphatic carbocycles. The first-order chi connectivity index (χ1) is 8.99. The Morgan fingerprint density at radius 3 is 2.89 bits per heavy atom. The van der Waals surface area contributed by atoms with Gasteiger partial charge in [-0.3, -0.25) is 5.32 Å². The number of benzene rings is 1. The highest BCUT2D eigenvalue weighted by Gasteiger charge is 2.31. The van der Waals surface area contributed by atoms with E-state index in [1.165, 1.54) is 12.1 Å². The summed E-state index contributed by atoms with van der Waals surface area (Å²) in [5.41, 5.74) is 1.23. The van der Waals surface area contributed by atoms with E-state index in [2.05, 4.69) is 5.32 Å². The lowest BCUT2D eigenvalue weighted by Gasteiger charge is -2.29. The van der Waals surface area contributed by atoms with Gasteiger partial charge < -0.3 is 14.9 Å². The third-order valence-corrected chi connectivity index (χ3v) is 3.05. The zero-order valence-electron chi connectivity index (χ0n) is 11.1. The number of aliphatic hydroxyl groups excluding tert-OH is 1. The Morgan fingerprint density at radius 1 is 1.47 bits per heavy atom. The molecule has 1 aliphatic heterocycles. The van der Waals surface area contributed by atoms with E-state index < -0.39 is 12.1 Å². The molecule has 5 nitrogen and oxygen atoms in total. The zero-order valence-corrected chi connectivity index (χ0v) is 11.1. The summed E-state index contributed by atoms with van der Waals surface area (Å²) in [7, 11) is 0. The van der Waals surface area contributed by atoms with E-state index in [0.717, 1.165) is 0 Å². The number of esters is 1. The molecular weight excluding hydrogens is 246 g/mol. The molecule has 104 valence electrons. The Hall–Kier alpha value is -1.59. The van der Waals surface area contributed by atoms with Crippen LogP contribution in [0.3, 0.4) is 0 Å². The van der Waals surface area contributed by atoms with Crippen molar-refractivity contribution in [3.8, 4) is 5.75 Å². The molecule has 2 atom stereocenters. The fourth-order valence-corrected chi connectivity index (χ4v) is 2.11. The van der Waals surface area contributed by atoms with Crippen LogP contribution in [0.4, 0.5) is 0 Å². The summed E-state index contributed by atoms with van der Waals surface area (Å²) in [5.74, 6) is -0.000966. The summed E-state index contributed by atoms with van der Waals surface area (Å²) >= 11 is 0. The van der Waals surface area contributed by atoms with Gasteiger partial charge in [0.2, 0.25) is 0 Å². The van der Waals surface area contributed by atoms with Gasteiger partial charge in [-0.1, -0.05) is 19.9 Å². The van der Waals surface area contributed by atoms with Crippen LogP contribution in [-0.2, 0) is 9.53 Å². The molecule has 19 heavy (non-hydrogen) atoms. The molecule has 1 aliphatic rings. The van der Waals surface area contributed by atoms with Gasteiger partial charge in [-0.2, -0.15) is 0 Å². The van der Waals surface area contributed by atoms with Gasteiger partial charge in [0, 0.05) is 6.54 Å². The number of β-amino-alcohol motifs (C(OH)–C–C–N with tert-alkyl or cyclic N) is 1. The summed E-state index contributed by atoms with van der Waals surface area (Å²) in [4.78, 5) is 12.0. The van der Waals surface area contributed by atoms with Gasteiger partial charge >= 0.3 is 5.97 Å². The van der Waals surface area contributed by atoms with Crippen molar-refractivity contribution in [1.82, 2.24) is 5.32 Å². The Morgan fingerprint density at radius 2 is 2.21 bits per heavy atom. The SMILES string of the molecule is CC(C)COC(=O)C1NCC(O)c2cc(O)ccc21. The lowest BCUT2D eigenvalue weighted by molar-refractivity contribution is -0.147. The molecular formula is C14H19NO4. The number of carbonyl (C=O) groups is 1. The molecule has 0 amide bonds. The highest BCUT2D eigenvalue weighted by molar-refractivity contribution is 5.78. The predicted octanol–water partition coefficient (Wildman–Crippen LogP) is 1.27. The maximum Gasteiger partial charge on any atom is 0.327 e. The van der Waals surface area contributed by atoms with E-state index in [4.69, 9.17) is 4.74 Å². The fraction of sp³-hybridized carbons (Fsp3) is 0.500. The second kappa shape index (κ2) is 5.59. The molecule has 3 N–H and O–H groups in total. The van der Waals surface area contributed by atoms with Crippen molar-refractivity contribution in [3.05, 3.63) is 29.3 Å². The smallest absolute Gasteiger partial charge is 0.327 e. The summed E-state index contributed by atoms with van der Waals surface area (Å²) < 4.78 is 5.22. The minimum Gasteiger partial charge on any atom is -0.508 e. The molecule has 2 unspecified atom stereocenters. The monoisotopic (exact) mass is 265 g/mol. The maximum absolute atomic E-state index is 12.0. The lowest BCUT2D eigenvalue weighted by Crippen LogP contribution is -2.38. The molecule has 0 bridgehead atoms. The van der Waals surface area contributed by atoms with Crippen LogP contribution in [0.1, 0.15) is 37.1 Å². The van der Waals surface area contributed by atoms with E-state index in [1.54, 1.807) is 6.07 Å². The number of hydrogen-bond acceptors (Lipinski definition) is 5. The van der Waals surface area contributed by atoms with E-state index in [1.807, 2.05) is 13.8 Å². The molecule has 0 fully saturated rings. The van der Waals surface area contributed by atoms with Crippen LogP contribution < -0.4 is 5.32 Å². The van der Waals surface area contributed by atoms with Crippen molar-refractivity contribution in [2.24, 2.45) is 5.92 Å². The number of rotatable bonds is 3. The third-order valence-electron chi connectivity index (χ3n) is 3.05. The molecule has 1 heterocycles. The Labute approximate surface area is 112 Å². The summed E-state index contributed by atoms with van der Waals surface area (Å²) in [6.45, 7) is 4.57. The number of phenolic OH excluding ortho intramolecular Hbond substituents is 1. The van der Waals surface area contributed by atoms with E-state index in [0.29, 0.717) is 17.7 Å². The first kappa shape index (κ1) is 13.8. The number of nitrogens with one attached hydrogen (secondary N) is 1. The van der Waals surface area contributed by atoms with Crippen molar-refractivity contribution >= 4 is 5.97 Å². The van der Waals surface area contributed by atoms with Crippen LogP contribution in [0.25, 0.3) is 0 Å². The molecule has 2 rings (SSSR count). The summed E-state index contributed by atoms with van der Waals surface area (Å²) in [5, 5.41) is 22.3. The molecule has 0 radical (unpaired) electrons. The van der Waals surface area contributed by atoms with Crippen molar-refractivity contribution in [2.45, 2.75) is 26.0 Å². The fourth-order valence-electron chi connectivity index (χ4n) is 2.11.